The van der Waals surface area contributed by atoms with Crippen LogP contribution in [0.1, 0.15) is 96.0 Å². The van der Waals surface area contributed by atoms with Crippen molar-refractivity contribution >= 4 is 34.7 Å². The van der Waals surface area contributed by atoms with Gasteiger partial charge in [-0.1, -0.05) is 47.0 Å². The number of rotatable bonds is 7. The highest BCUT2D eigenvalue weighted by atomic mass is 16.4. The molecule has 0 aromatic carbocycles. The molecule has 1 atom stereocenters. The Morgan fingerprint density at radius 3 is 2.33 bits per heavy atom. The third-order valence-corrected chi connectivity index (χ3v) is 7.74. The lowest BCUT2D eigenvalue weighted by molar-refractivity contribution is 0.0840. The van der Waals surface area contributed by atoms with Crippen LogP contribution < -0.4 is 10.6 Å². The van der Waals surface area contributed by atoms with Crippen LogP contribution in [-0.4, -0.2) is 48.4 Å². The molecule has 0 spiro atoms. The number of hydrogen-bond acceptors (Lipinski definition) is 7. The summed E-state index contributed by atoms with van der Waals surface area (Å²) in [7, 11) is 0. The lowest BCUT2D eigenvalue weighted by Gasteiger charge is -2.32. The highest BCUT2D eigenvalue weighted by Gasteiger charge is 2.33. The van der Waals surface area contributed by atoms with Gasteiger partial charge in [0.15, 0.2) is 28.9 Å². The van der Waals surface area contributed by atoms with Crippen molar-refractivity contribution in [1.82, 2.24) is 24.8 Å². The Bertz CT molecular complexity index is 1150. The minimum Gasteiger partial charge on any atom is -0.465 e. The number of imidazole rings is 1. The molecule has 0 saturated heterocycles. The van der Waals surface area contributed by atoms with Gasteiger partial charge in [0.05, 0.1) is 0 Å². The number of fused-ring (bicyclic) bond motifs is 1. The summed E-state index contributed by atoms with van der Waals surface area (Å²) in [6.45, 7) is 10.7. The number of Topliss-reactive ketones (excluding diaryl/α,β-unsaturated/α-hetero) is 1. The Morgan fingerprint density at radius 1 is 1.11 bits per heavy atom. The second kappa shape index (κ2) is 10.1. The second-order valence-corrected chi connectivity index (χ2v) is 11.7. The predicted octanol–water partition coefficient (Wildman–Crippen LogP) is 5.07. The predicted molar refractivity (Wildman–Crippen MR) is 139 cm³/mol. The van der Waals surface area contributed by atoms with Gasteiger partial charge in [-0.05, 0) is 50.4 Å². The van der Waals surface area contributed by atoms with E-state index < -0.39 is 17.3 Å². The molecule has 2 fully saturated rings. The van der Waals surface area contributed by atoms with Crippen LogP contribution in [0.3, 0.4) is 0 Å². The number of carbonyl (C=O) groups excluding carboxylic acids is 1. The van der Waals surface area contributed by atoms with Gasteiger partial charge < -0.3 is 15.0 Å². The van der Waals surface area contributed by atoms with E-state index in [1.807, 2.05) is 30.7 Å². The van der Waals surface area contributed by atoms with Crippen molar-refractivity contribution < 1.29 is 14.7 Å². The smallest absolute Gasteiger partial charge is 0.410 e. The van der Waals surface area contributed by atoms with Crippen LogP contribution >= 0.6 is 0 Å². The fourth-order valence-corrected chi connectivity index (χ4v) is 5.14. The molecule has 0 bridgehead atoms. The van der Waals surface area contributed by atoms with E-state index in [1.165, 1.54) is 19.3 Å². The molecular formula is C26H39N7O3. The monoisotopic (exact) mass is 497 g/mol. The van der Waals surface area contributed by atoms with Crippen molar-refractivity contribution in [3.05, 3.63) is 11.6 Å². The number of carboxylic acid groups (broad SMARTS) is 1. The highest BCUT2D eigenvalue weighted by molar-refractivity contribution is 6.04. The number of nitrogens with zero attached hydrogens (tertiary/aromatic N) is 4. The van der Waals surface area contributed by atoms with E-state index in [2.05, 4.69) is 34.1 Å². The second-order valence-electron chi connectivity index (χ2n) is 11.7. The summed E-state index contributed by atoms with van der Waals surface area (Å²) in [5.41, 5.74) is 0.317. The number of aromatic nitrogens is 4. The molecule has 36 heavy (non-hydrogen) atoms. The van der Waals surface area contributed by atoms with Crippen LogP contribution in [0, 0.1) is 28.6 Å². The first-order valence-corrected chi connectivity index (χ1v) is 13.1. The summed E-state index contributed by atoms with van der Waals surface area (Å²) in [4.78, 5) is 38.4. The molecule has 2 aliphatic rings. The van der Waals surface area contributed by atoms with Crippen molar-refractivity contribution in [3.8, 4) is 0 Å². The van der Waals surface area contributed by atoms with E-state index in [0.717, 1.165) is 31.6 Å². The molecule has 2 aliphatic carbocycles. The number of nitrogens with one attached hydrogen (secondary N) is 3. The zero-order chi connectivity index (χ0) is 26.2. The molecule has 10 heteroatoms. The average Bonchev–Trinajstić information content (AvgIpc) is 3.10. The maximum absolute atomic E-state index is 13.5. The molecule has 2 heterocycles. The number of hydrogen-bond donors (Lipinski definition) is 4. The lowest BCUT2D eigenvalue weighted by Crippen LogP contribution is -2.33. The molecule has 0 radical (unpaired) electrons. The Morgan fingerprint density at radius 2 is 1.78 bits per heavy atom. The fraction of sp³-hybridized carbons (Fsp3) is 0.692. The first-order chi connectivity index (χ1) is 16.9. The third-order valence-electron chi connectivity index (χ3n) is 7.74. The molecule has 4 N–H and O–H groups in total. The summed E-state index contributed by atoms with van der Waals surface area (Å²) in [5.74, 6) is 1.92. The summed E-state index contributed by atoms with van der Waals surface area (Å²) >= 11 is 0. The minimum atomic E-state index is -1.36. The maximum Gasteiger partial charge on any atom is 0.410 e. The van der Waals surface area contributed by atoms with Gasteiger partial charge >= 0.3 is 6.09 Å². The standard InChI is InChI=1S/C26H39N7O3/c1-14-9-11-16(12-10-14)13-33-18-21(28-15(2)17-7-6-8-17)30-23(20(27)29-25(35)36)31-22(18)32-24(33)19(34)26(3,4)5/h14-17H,6-13H2,1-5H3,(H2,27,29)(H,35,36)(H,28,30,31)/t14?,15-,16?/m1/s1. The molecule has 4 rings (SSSR count). The molecule has 10 nitrogen and oxygen atoms in total. The summed E-state index contributed by atoms with van der Waals surface area (Å²) in [5, 5.41) is 22.8. The van der Waals surface area contributed by atoms with E-state index in [4.69, 9.17) is 10.5 Å². The number of anilines is 1. The van der Waals surface area contributed by atoms with Crippen LogP contribution in [0.4, 0.5) is 10.6 Å². The van der Waals surface area contributed by atoms with E-state index in [1.54, 1.807) is 0 Å². The van der Waals surface area contributed by atoms with E-state index >= 15 is 0 Å². The van der Waals surface area contributed by atoms with Gasteiger partial charge in [-0.25, -0.2) is 19.7 Å². The van der Waals surface area contributed by atoms with Gasteiger partial charge in [0.2, 0.25) is 5.78 Å². The van der Waals surface area contributed by atoms with Gasteiger partial charge in [0.25, 0.3) is 0 Å². The normalized spacial score (nSPS) is 21.6. The molecule has 1 amide bonds. The van der Waals surface area contributed by atoms with Crippen molar-refractivity contribution in [1.29, 1.82) is 5.41 Å². The van der Waals surface area contributed by atoms with Gasteiger partial charge in [-0.3, -0.25) is 15.5 Å². The zero-order valence-electron chi connectivity index (χ0n) is 22.0. The average molecular weight is 498 g/mol. The first-order valence-electron chi connectivity index (χ1n) is 13.1. The summed E-state index contributed by atoms with van der Waals surface area (Å²) in [6.07, 6.45) is 6.65. The first kappa shape index (κ1) is 26.0. The number of ketones is 1. The summed E-state index contributed by atoms with van der Waals surface area (Å²) < 4.78 is 1.98. The van der Waals surface area contributed by atoms with Crippen LogP contribution in [0.2, 0.25) is 0 Å². The van der Waals surface area contributed by atoms with E-state index in [-0.39, 0.29) is 17.6 Å². The topological polar surface area (TPSA) is 146 Å². The minimum absolute atomic E-state index is 0.0703. The van der Waals surface area contributed by atoms with Crippen molar-refractivity contribution in [3.63, 3.8) is 0 Å². The third kappa shape index (κ3) is 5.52. The van der Waals surface area contributed by atoms with Crippen LogP contribution in [-0.2, 0) is 6.54 Å². The molecular weight excluding hydrogens is 458 g/mol. The van der Waals surface area contributed by atoms with Gasteiger partial charge in [-0.15, -0.1) is 0 Å². The molecule has 2 saturated carbocycles. The van der Waals surface area contributed by atoms with Gasteiger partial charge in [0.1, 0.15) is 5.52 Å². The molecule has 0 unspecified atom stereocenters. The highest BCUT2D eigenvalue weighted by Crippen LogP contribution is 2.35. The van der Waals surface area contributed by atoms with Crippen LogP contribution in [0.25, 0.3) is 11.2 Å². The van der Waals surface area contributed by atoms with E-state index in [9.17, 15) is 9.59 Å². The van der Waals surface area contributed by atoms with Gasteiger partial charge in [-0.2, -0.15) is 0 Å². The van der Waals surface area contributed by atoms with Crippen molar-refractivity contribution in [2.24, 2.45) is 23.2 Å². The lowest BCUT2D eigenvalue weighted by atomic mass is 9.80. The van der Waals surface area contributed by atoms with E-state index in [0.29, 0.717) is 41.2 Å². The van der Waals surface area contributed by atoms with Gasteiger partial charge in [0, 0.05) is 18.0 Å². The largest absolute Gasteiger partial charge is 0.465 e. The van der Waals surface area contributed by atoms with Crippen LogP contribution in [0.15, 0.2) is 0 Å². The molecule has 2 aromatic heterocycles. The Labute approximate surface area is 212 Å². The van der Waals surface area contributed by atoms with Crippen molar-refractivity contribution in [2.45, 2.75) is 92.2 Å². The Balaban J connectivity index is 1.85. The number of amidine groups is 1. The zero-order valence-corrected chi connectivity index (χ0v) is 22.0. The quantitative estimate of drug-likeness (QED) is 0.237. The SMILES string of the molecule is CC1CCC(Cn2c(C(=O)C(C)(C)C)nc3nc(C(=N)NC(=O)O)nc(N[C@H](C)C4CCC4)c32)CC1. The Hall–Kier alpha value is -3.04. The maximum atomic E-state index is 13.5. The Kier molecular flexibility index (Phi) is 7.33. The molecule has 196 valence electrons. The summed E-state index contributed by atoms with van der Waals surface area (Å²) in [6, 6.07) is 0.131. The fourth-order valence-electron chi connectivity index (χ4n) is 5.14. The molecule has 0 aliphatic heterocycles. The van der Waals surface area contributed by atoms with Crippen molar-refractivity contribution in [2.75, 3.05) is 5.32 Å². The molecule has 2 aromatic rings. The number of carbonyl (C=O) groups is 2. The van der Waals surface area contributed by atoms with Crippen LogP contribution in [0.5, 0.6) is 0 Å². The number of amides is 1.